The van der Waals surface area contributed by atoms with Crippen LogP contribution >= 0.6 is 23.2 Å². The van der Waals surface area contributed by atoms with Gasteiger partial charge in [0, 0.05) is 29.4 Å². The minimum absolute atomic E-state index is 0.327. The van der Waals surface area contributed by atoms with Gasteiger partial charge in [-0.15, -0.1) is 0 Å². The maximum atomic E-state index is 11.4. The summed E-state index contributed by atoms with van der Waals surface area (Å²) in [6, 6.07) is 12.2. The lowest BCUT2D eigenvalue weighted by molar-refractivity contribution is 0.602. The van der Waals surface area contributed by atoms with Gasteiger partial charge in [-0.05, 0) is 41.5 Å². The molecule has 2 aromatic carbocycles. The Labute approximate surface area is 134 Å². The second-order valence-corrected chi connectivity index (χ2v) is 7.69. The highest BCUT2D eigenvalue weighted by Crippen LogP contribution is 2.19. The molecule has 3 nitrogen and oxygen atoms in total. The lowest BCUT2D eigenvalue weighted by atomic mass is 10.2. The largest absolute Gasteiger partial charge is 0.309 e. The Morgan fingerprint density at radius 1 is 0.905 bits per heavy atom. The number of nitrogens with one attached hydrogen (secondary N) is 1. The summed E-state index contributed by atoms with van der Waals surface area (Å²) in [5, 5.41) is 4.48. The molecule has 0 fully saturated rings. The molecule has 0 aliphatic heterocycles. The molecule has 0 spiro atoms. The molecule has 0 radical (unpaired) electrons. The fourth-order valence-corrected chi connectivity index (χ4v) is 3.12. The molecule has 112 valence electrons. The Bertz CT molecular complexity index is 708. The van der Waals surface area contributed by atoms with E-state index in [4.69, 9.17) is 23.2 Å². The summed E-state index contributed by atoms with van der Waals surface area (Å²) in [6.45, 7) is 1.27. The molecule has 0 aliphatic rings. The number of hydrogen-bond donors (Lipinski definition) is 1. The average Bonchev–Trinajstić information content (AvgIpc) is 2.37. The van der Waals surface area contributed by atoms with Gasteiger partial charge in [0.15, 0.2) is 9.84 Å². The lowest BCUT2D eigenvalue weighted by Gasteiger charge is -2.07. The molecular weight excluding hydrogens is 329 g/mol. The van der Waals surface area contributed by atoms with E-state index in [1.165, 1.54) is 6.26 Å². The van der Waals surface area contributed by atoms with Crippen molar-refractivity contribution in [2.75, 3.05) is 6.26 Å². The third kappa shape index (κ3) is 5.00. The van der Waals surface area contributed by atoms with Crippen LogP contribution in [0.25, 0.3) is 0 Å². The van der Waals surface area contributed by atoms with Gasteiger partial charge in [-0.1, -0.05) is 35.3 Å². The first-order valence-corrected chi connectivity index (χ1v) is 8.94. The molecule has 0 bridgehead atoms. The standard InChI is InChI=1S/C15H15Cl2NO2S/c1-21(19,20)15-4-2-11(3-5-15)9-18-10-12-6-13(16)8-14(17)7-12/h2-8,18H,9-10H2,1H3. The lowest BCUT2D eigenvalue weighted by Crippen LogP contribution is -2.12. The van der Waals surface area contributed by atoms with Gasteiger partial charge in [0.1, 0.15) is 0 Å². The van der Waals surface area contributed by atoms with Crippen LogP contribution in [0.2, 0.25) is 10.0 Å². The zero-order valence-corrected chi connectivity index (χ0v) is 13.8. The zero-order chi connectivity index (χ0) is 15.5. The van der Waals surface area contributed by atoms with Gasteiger partial charge in [0.25, 0.3) is 0 Å². The Hall–Kier alpha value is -1.07. The van der Waals surface area contributed by atoms with Gasteiger partial charge in [-0.25, -0.2) is 8.42 Å². The summed E-state index contributed by atoms with van der Waals surface area (Å²) in [5.41, 5.74) is 2.01. The van der Waals surface area contributed by atoms with Crippen LogP contribution in [0.5, 0.6) is 0 Å². The van der Waals surface area contributed by atoms with Crippen molar-refractivity contribution in [3.8, 4) is 0 Å². The van der Waals surface area contributed by atoms with E-state index in [1.807, 2.05) is 12.1 Å². The molecule has 2 aromatic rings. The molecule has 0 saturated heterocycles. The van der Waals surface area contributed by atoms with Gasteiger partial charge < -0.3 is 5.32 Å². The van der Waals surface area contributed by atoms with Gasteiger partial charge >= 0.3 is 0 Å². The Morgan fingerprint density at radius 3 is 1.95 bits per heavy atom. The van der Waals surface area contributed by atoms with E-state index in [2.05, 4.69) is 5.32 Å². The molecule has 1 N–H and O–H groups in total. The summed E-state index contributed by atoms with van der Waals surface area (Å²) in [6.07, 6.45) is 1.20. The van der Waals surface area contributed by atoms with Crippen LogP contribution in [-0.4, -0.2) is 14.7 Å². The first-order valence-electron chi connectivity index (χ1n) is 6.29. The van der Waals surface area contributed by atoms with Gasteiger partial charge in [0.2, 0.25) is 0 Å². The molecule has 0 aromatic heterocycles. The van der Waals surface area contributed by atoms with Crippen LogP contribution in [0, 0.1) is 0 Å². The summed E-state index contributed by atoms with van der Waals surface area (Å²) in [4.78, 5) is 0.327. The summed E-state index contributed by atoms with van der Waals surface area (Å²) in [7, 11) is -3.14. The highest BCUT2D eigenvalue weighted by Gasteiger charge is 2.06. The van der Waals surface area contributed by atoms with E-state index in [0.717, 1.165) is 11.1 Å². The van der Waals surface area contributed by atoms with E-state index >= 15 is 0 Å². The molecule has 0 aliphatic carbocycles. The molecule has 0 saturated carbocycles. The predicted molar refractivity (Wildman–Crippen MR) is 86.6 cm³/mol. The molecule has 2 rings (SSSR count). The van der Waals surface area contributed by atoms with Crippen molar-refractivity contribution in [1.82, 2.24) is 5.32 Å². The van der Waals surface area contributed by atoms with E-state index in [0.29, 0.717) is 28.0 Å². The smallest absolute Gasteiger partial charge is 0.175 e. The van der Waals surface area contributed by atoms with Crippen molar-refractivity contribution < 1.29 is 8.42 Å². The van der Waals surface area contributed by atoms with Crippen LogP contribution in [0.3, 0.4) is 0 Å². The number of hydrogen-bond acceptors (Lipinski definition) is 3. The molecule has 0 atom stereocenters. The monoisotopic (exact) mass is 343 g/mol. The molecule has 0 amide bonds. The Balaban J connectivity index is 1.94. The number of halogens is 2. The average molecular weight is 344 g/mol. The van der Waals surface area contributed by atoms with Gasteiger partial charge in [0.05, 0.1) is 4.90 Å². The van der Waals surface area contributed by atoms with Crippen LogP contribution in [0.15, 0.2) is 47.4 Å². The fraction of sp³-hybridized carbons (Fsp3) is 0.200. The summed E-state index contributed by atoms with van der Waals surface area (Å²) < 4.78 is 22.7. The predicted octanol–water partition coefficient (Wildman–Crippen LogP) is 3.69. The first-order chi connectivity index (χ1) is 9.84. The molecule has 0 unspecified atom stereocenters. The van der Waals surface area contributed by atoms with E-state index < -0.39 is 9.84 Å². The molecular formula is C15H15Cl2NO2S. The molecule has 0 heterocycles. The third-order valence-electron chi connectivity index (χ3n) is 2.93. The van der Waals surface area contributed by atoms with Crippen molar-refractivity contribution in [3.63, 3.8) is 0 Å². The highest BCUT2D eigenvalue weighted by atomic mass is 35.5. The van der Waals surface area contributed by atoms with Gasteiger partial charge in [-0.3, -0.25) is 0 Å². The van der Waals surface area contributed by atoms with Crippen molar-refractivity contribution in [3.05, 3.63) is 63.6 Å². The van der Waals surface area contributed by atoms with Crippen LogP contribution in [-0.2, 0) is 22.9 Å². The first kappa shape index (κ1) is 16.3. The van der Waals surface area contributed by atoms with Crippen LogP contribution < -0.4 is 5.32 Å². The minimum atomic E-state index is -3.14. The second kappa shape index (κ2) is 6.79. The molecule has 6 heteroatoms. The minimum Gasteiger partial charge on any atom is -0.309 e. The second-order valence-electron chi connectivity index (χ2n) is 4.80. The SMILES string of the molecule is CS(=O)(=O)c1ccc(CNCc2cc(Cl)cc(Cl)c2)cc1. The summed E-state index contributed by atoms with van der Waals surface area (Å²) >= 11 is 11.9. The number of sulfone groups is 1. The fourth-order valence-electron chi connectivity index (χ4n) is 1.92. The topological polar surface area (TPSA) is 46.2 Å². The summed E-state index contributed by atoms with van der Waals surface area (Å²) in [5.74, 6) is 0. The maximum Gasteiger partial charge on any atom is 0.175 e. The third-order valence-corrected chi connectivity index (χ3v) is 4.50. The van der Waals surface area contributed by atoms with Crippen molar-refractivity contribution in [2.24, 2.45) is 0 Å². The van der Waals surface area contributed by atoms with Crippen molar-refractivity contribution in [1.29, 1.82) is 0 Å². The quantitative estimate of drug-likeness (QED) is 0.900. The van der Waals surface area contributed by atoms with E-state index in [-0.39, 0.29) is 0 Å². The maximum absolute atomic E-state index is 11.4. The van der Waals surface area contributed by atoms with Crippen LogP contribution in [0.1, 0.15) is 11.1 Å². The van der Waals surface area contributed by atoms with E-state index in [9.17, 15) is 8.42 Å². The Morgan fingerprint density at radius 2 is 1.43 bits per heavy atom. The number of benzene rings is 2. The Kier molecular flexibility index (Phi) is 5.27. The van der Waals surface area contributed by atoms with Crippen molar-refractivity contribution >= 4 is 33.0 Å². The number of rotatable bonds is 5. The zero-order valence-electron chi connectivity index (χ0n) is 11.4. The highest BCUT2D eigenvalue weighted by molar-refractivity contribution is 7.90. The molecule has 21 heavy (non-hydrogen) atoms. The van der Waals surface area contributed by atoms with E-state index in [1.54, 1.807) is 30.3 Å². The van der Waals surface area contributed by atoms with Gasteiger partial charge in [-0.2, -0.15) is 0 Å². The van der Waals surface area contributed by atoms with Crippen molar-refractivity contribution in [2.45, 2.75) is 18.0 Å². The normalized spacial score (nSPS) is 11.6. The van der Waals surface area contributed by atoms with Crippen LogP contribution in [0.4, 0.5) is 0 Å².